The van der Waals surface area contributed by atoms with Gasteiger partial charge in [0.15, 0.2) is 6.10 Å². The van der Waals surface area contributed by atoms with Gasteiger partial charge in [-0.1, -0.05) is 103 Å². The predicted molar refractivity (Wildman–Crippen MR) is 154 cm³/mol. The number of hydrogen-bond acceptors (Lipinski definition) is 4. The quantitative estimate of drug-likeness (QED) is 0.177. The molecule has 0 radical (unpaired) electrons. The van der Waals surface area contributed by atoms with E-state index < -0.39 is 0 Å². The van der Waals surface area contributed by atoms with Gasteiger partial charge in [-0.2, -0.15) is 0 Å². The topological polar surface area (TPSA) is 36.9 Å². The lowest BCUT2D eigenvalue weighted by atomic mass is 10.0. The van der Waals surface area contributed by atoms with Crippen LogP contribution >= 0.6 is 0 Å². The van der Waals surface area contributed by atoms with E-state index in [0.717, 1.165) is 35.3 Å². The maximum atomic E-state index is 13.4. The van der Waals surface area contributed by atoms with Gasteiger partial charge in [-0.25, -0.2) is 4.39 Å². The molecule has 1 heterocycles. The van der Waals surface area contributed by atoms with Crippen molar-refractivity contribution >= 4 is 0 Å². The van der Waals surface area contributed by atoms with Gasteiger partial charge in [0.25, 0.3) is 0 Å². The normalized spacial score (nSPS) is 18.6. The maximum Gasteiger partial charge on any atom is 0.150 e. The molecule has 0 unspecified atom stereocenters. The van der Waals surface area contributed by atoms with E-state index in [2.05, 4.69) is 42.5 Å². The number of allylic oxidation sites excluding steroid dienone is 1. The Labute approximate surface area is 236 Å². The van der Waals surface area contributed by atoms with Crippen molar-refractivity contribution in [3.05, 3.63) is 155 Å². The average Bonchev–Trinajstić information content (AvgIpc) is 3.01. The minimum Gasteiger partial charge on any atom is -0.490 e. The second-order valence-corrected chi connectivity index (χ2v) is 9.94. The lowest BCUT2D eigenvalue weighted by molar-refractivity contribution is -0.154. The molecule has 4 nitrogen and oxygen atoms in total. The van der Waals surface area contributed by atoms with Crippen LogP contribution in [0.2, 0.25) is 0 Å². The molecule has 1 aliphatic heterocycles. The Kier molecular flexibility index (Phi) is 10.1. The van der Waals surface area contributed by atoms with Gasteiger partial charge in [0.05, 0.1) is 32.2 Å². The molecular formula is C35H35FO4. The third-order valence-corrected chi connectivity index (χ3v) is 6.88. The third-order valence-electron chi connectivity index (χ3n) is 6.88. The van der Waals surface area contributed by atoms with Gasteiger partial charge >= 0.3 is 0 Å². The second kappa shape index (κ2) is 14.6. The Morgan fingerprint density at radius 2 is 1.12 bits per heavy atom. The summed E-state index contributed by atoms with van der Waals surface area (Å²) in [6.45, 7) is 1.55. The van der Waals surface area contributed by atoms with Gasteiger partial charge in [0.2, 0.25) is 0 Å². The van der Waals surface area contributed by atoms with Gasteiger partial charge in [-0.15, -0.1) is 0 Å². The monoisotopic (exact) mass is 538 g/mol. The van der Waals surface area contributed by atoms with Crippen LogP contribution in [-0.4, -0.2) is 24.9 Å². The molecule has 1 aliphatic rings. The van der Waals surface area contributed by atoms with E-state index in [0.29, 0.717) is 26.4 Å². The van der Waals surface area contributed by atoms with Crippen molar-refractivity contribution in [1.82, 2.24) is 0 Å². The Balaban J connectivity index is 1.33. The van der Waals surface area contributed by atoms with Crippen molar-refractivity contribution in [3.8, 4) is 0 Å². The largest absolute Gasteiger partial charge is 0.490 e. The highest BCUT2D eigenvalue weighted by Gasteiger charge is 2.37. The molecule has 0 aromatic heterocycles. The molecule has 0 saturated carbocycles. The highest BCUT2D eigenvalue weighted by atomic mass is 19.1. The summed E-state index contributed by atoms with van der Waals surface area (Å²) in [5.41, 5.74) is 4.32. The van der Waals surface area contributed by atoms with E-state index in [1.54, 1.807) is 12.1 Å². The van der Waals surface area contributed by atoms with Gasteiger partial charge in [-0.05, 0) is 46.9 Å². The predicted octanol–water partition coefficient (Wildman–Crippen LogP) is 7.43. The van der Waals surface area contributed by atoms with Gasteiger partial charge in [0.1, 0.15) is 18.0 Å². The molecule has 0 spiro atoms. The van der Waals surface area contributed by atoms with Crippen molar-refractivity contribution < 1.29 is 23.3 Å². The summed E-state index contributed by atoms with van der Waals surface area (Å²) in [5.74, 6) is 0.609. The minimum absolute atomic E-state index is 0.264. The van der Waals surface area contributed by atoms with Crippen LogP contribution in [0.3, 0.4) is 0 Å². The van der Waals surface area contributed by atoms with Crippen LogP contribution in [0, 0.1) is 5.82 Å². The fraction of sp³-hybridized carbons (Fsp3) is 0.257. The van der Waals surface area contributed by atoms with Crippen molar-refractivity contribution in [2.24, 2.45) is 0 Å². The van der Waals surface area contributed by atoms with Gasteiger partial charge in [0, 0.05) is 6.42 Å². The molecule has 4 aromatic rings. The summed E-state index contributed by atoms with van der Waals surface area (Å²) in [6.07, 6.45) is 2.60. The molecule has 0 bridgehead atoms. The lowest BCUT2D eigenvalue weighted by Crippen LogP contribution is -2.47. The summed E-state index contributed by atoms with van der Waals surface area (Å²) in [5, 5.41) is 0. The number of benzene rings is 4. The Hall–Kier alpha value is -3.77. The van der Waals surface area contributed by atoms with Crippen LogP contribution in [0.4, 0.5) is 4.39 Å². The highest BCUT2D eigenvalue weighted by Crippen LogP contribution is 2.28. The highest BCUT2D eigenvalue weighted by molar-refractivity contribution is 5.19. The zero-order chi connectivity index (χ0) is 27.4. The Morgan fingerprint density at radius 3 is 1.75 bits per heavy atom. The fourth-order valence-electron chi connectivity index (χ4n) is 4.73. The maximum absolute atomic E-state index is 13.4. The average molecular weight is 539 g/mol. The molecule has 206 valence electrons. The second-order valence-electron chi connectivity index (χ2n) is 9.94. The summed E-state index contributed by atoms with van der Waals surface area (Å²) in [6, 6.07) is 37.0. The number of ether oxygens (including phenoxy) is 4. The molecule has 0 fully saturated rings. The minimum atomic E-state index is -0.377. The van der Waals surface area contributed by atoms with E-state index in [9.17, 15) is 4.39 Å². The molecule has 5 rings (SSSR count). The number of rotatable bonds is 13. The first-order chi connectivity index (χ1) is 19.7. The number of hydrogen-bond donors (Lipinski definition) is 0. The molecule has 0 N–H and O–H groups in total. The summed E-state index contributed by atoms with van der Waals surface area (Å²) < 4.78 is 38.9. The molecule has 40 heavy (non-hydrogen) atoms. The molecule has 5 heteroatoms. The third kappa shape index (κ3) is 8.36. The molecule has 3 atom stereocenters. The first kappa shape index (κ1) is 27.8. The number of aryl methyl sites for hydroxylation is 1. The van der Waals surface area contributed by atoms with E-state index in [1.807, 2.05) is 54.6 Å². The zero-order valence-electron chi connectivity index (χ0n) is 22.5. The SMILES string of the molecule is Fc1ccc(COC[C@H]2OC(CCc3ccccc3)=C[C@@H](OCc3ccccc3)[C@@H]2OCc2ccccc2)cc1. The van der Waals surface area contributed by atoms with Crippen molar-refractivity contribution in [2.75, 3.05) is 6.61 Å². The van der Waals surface area contributed by atoms with Crippen LogP contribution in [0.25, 0.3) is 0 Å². The van der Waals surface area contributed by atoms with E-state index >= 15 is 0 Å². The first-order valence-electron chi connectivity index (χ1n) is 13.8. The van der Waals surface area contributed by atoms with Gasteiger partial charge in [-0.3, -0.25) is 0 Å². The zero-order valence-corrected chi connectivity index (χ0v) is 22.5. The van der Waals surface area contributed by atoms with E-state index in [4.69, 9.17) is 18.9 Å². The van der Waals surface area contributed by atoms with Crippen LogP contribution in [0.5, 0.6) is 0 Å². The van der Waals surface area contributed by atoms with Crippen LogP contribution < -0.4 is 0 Å². The van der Waals surface area contributed by atoms with Crippen molar-refractivity contribution in [3.63, 3.8) is 0 Å². The molecule has 4 aromatic carbocycles. The van der Waals surface area contributed by atoms with Gasteiger partial charge < -0.3 is 18.9 Å². The molecular weight excluding hydrogens is 503 g/mol. The fourth-order valence-corrected chi connectivity index (χ4v) is 4.73. The Bertz CT molecular complexity index is 1310. The smallest absolute Gasteiger partial charge is 0.150 e. The summed E-state index contributed by atoms with van der Waals surface area (Å²) >= 11 is 0. The molecule has 0 aliphatic carbocycles. The summed E-state index contributed by atoms with van der Waals surface area (Å²) in [4.78, 5) is 0. The van der Waals surface area contributed by atoms with E-state index in [1.165, 1.54) is 17.7 Å². The van der Waals surface area contributed by atoms with Crippen LogP contribution in [0.15, 0.2) is 127 Å². The van der Waals surface area contributed by atoms with Crippen molar-refractivity contribution in [1.29, 1.82) is 0 Å². The lowest BCUT2D eigenvalue weighted by Gasteiger charge is -2.37. The van der Waals surface area contributed by atoms with Crippen LogP contribution in [0.1, 0.15) is 28.7 Å². The van der Waals surface area contributed by atoms with Crippen LogP contribution in [-0.2, 0) is 45.2 Å². The molecule has 0 saturated heterocycles. The first-order valence-corrected chi connectivity index (χ1v) is 13.8. The number of halogens is 1. The summed E-state index contributed by atoms with van der Waals surface area (Å²) in [7, 11) is 0. The van der Waals surface area contributed by atoms with E-state index in [-0.39, 0.29) is 24.1 Å². The standard InChI is InChI=1S/C35H35FO4/c36-31-19-16-30(17-20-31)23-37-26-34-35(39-25-29-14-8-3-9-15-29)33(38-24-28-12-6-2-7-13-28)22-32(40-34)21-18-27-10-4-1-5-11-27/h1-17,19-20,22,33-35H,18,21,23-26H2/t33-,34-,35+/m1/s1. The molecule has 0 amide bonds. The van der Waals surface area contributed by atoms with Crippen molar-refractivity contribution in [2.45, 2.75) is 51.0 Å². The Morgan fingerprint density at radius 1 is 0.575 bits per heavy atom.